The van der Waals surface area contributed by atoms with Crippen molar-refractivity contribution in [3.63, 3.8) is 0 Å². The van der Waals surface area contributed by atoms with E-state index in [1.54, 1.807) is 0 Å². The highest BCUT2D eigenvalue weighted by molar-refractivity contribution is 8.00. The van der Waals surface area contributed by atoms with Gasteiger partial charge in [-0.3, -0.25) is 10.1 Å². The molecule has 1 aliphatic carbocycles. The molecule has 1 saturated heterocycles. The Hall–Kier alpha value is -1.00. The van der Waals surface area contributed by atoms with Crippen molar-refractivity contribution in [2.75, 3.05) is 5.75 Å². The molecule has 90 valence electrons. The molecule has 2 aliphatic rings. The summed E-state index contributed by atoms with van der Waals surface area (Å²) in [5.41, 5.74) is 2.65. The molecule has 1 aromatic carbocycles. The van der Waals surface area contributed by atoms with Gasteiger partial charge < -0.3 is 5.11 Å². The van der Waals surface area contributed by atoms with Gasteiger partial charge in [-0.1, -0.05) is 24.3 Å². The van der Waals surface area contributed by atoms with Crippen LogP contribution in [0.25, 0.3) is 0 Å². The van der Waals surface area contributed by atoms with Crippen LogP contribution in [0.4, 0.5) is 0 Å². The molecule has 17 heavy (non-hydrogen) atoms. The maximum absolute atomic E-state index is 11.1. The summed E-state index contributed by atoms with van der Waals surface area (Å²) in [6.07, 6.45) is 2.76. The van der Waals surface area contributed by atoms with Crippen LogP contribution < -0.4 is 5.32 Å². The number of aliphatic carboxylic acids is 1. The Morgan fingerprint density at radius 1 is 1.47 bits per heavy atom. The van der Waals surface area contributed by atoms with E-state index in [4.69, 9.17) is 5.11 Å². The monoisotopic (exact) mass is 249 g/mol. The van der Waals surface area contributed by atoms with Gasteiger partial charge in [-0.05, 0) is 36.1 Å². The molecule has 0 saturated carbocycles. The van der Waals surface area contributed by atoms with Crippen LogP contribution in [0.15, 0.2) is 24.3 Å². The van der Waals surface area contributed by atoms with Crippen molar-refractivity contribution in [2.45, 2.75) is 30.2 Å². The topological polar surface area (TPSA) is 49.3 Å². The van der Waals surface area contributed by atoms with Crippen molar-refractivity contribution in [3.05, 3.63) is 35.4 Å². The maximum atomic E-state index is 11.1. The largest absolute Gasteiger partial charge is 0.480 e. The van der Waals surface area contributed by atoms with Gasteiger partial charge in [-0.25, -0.2) is 0 Å². The SMILES string of the molecule is O=C(O)C1CCSC2(CCc3ccccc32)N1. The van der Waals surface area contributed by atoms with Gasteiger partial charge >= 0.3 is 5.97 Å². The maximum Gasteiger partial charge on any atom is 0.320 e. The summed E-state index contributed by atoms with van der Waals surface area (Å²) in [6, 6.07) is 7.98. The molecule has 2 unspecified atom stereocenters. The summed E-state index contributed by atoms with van der Waals surface area (Å²) in [6.45, 7) is 0. The molecule has 0 aromatic heterocycles. The Morgan fingerprint density at radius 2 is 2.29 bits per heavy atom. The van der Waals surface area contributed by atoms with Crippen LogP contribution in [0, 0.1) is 0 Å². The van der Waals surface area contributed by atoms with Crippen LogP contribution in [0.3, 0.4) is 0 Å². The average molecular weight is 249 g/mol. The molecular formula is C13H15NO2S. The minimum atomic E-state index is -0.728. The Morgan fingerprint density at radius 3 is 3.12 bits per heavy atom. The zero-order valence-electron chi connectivity index (χ0n) is 9.48. The van der Waals surface area contributed by atoms with Crippen molar-refractivity contribution in [3.8, 4) is 0 Å². The van der Waals surface area contributed by atoms with Gasteiger partial charge in [0.05, 0.1) is 4.87 Å². The first-order chi connectivity index (χ1) is 8.21. The number of thioether (sulfide) groups is 1. The molecule has 1 aromatic rings. The van der Waals surface area contributed by atoms with Crippen LogP contribution in [0.2, 0.25) is 0 Å². The van der Waals surface area contributed by atoms with E-state index in [9.17, 15) is 4.79 Å². The third-order valence-corrected chi connectivity index (χ3v) is 5.13. The van der Waals surface area contributed by atoms with E-state index in [-0.39, 0.29) is 4.87 Å². The predicted octanol–water partition coefficient (Wildman–Crippen LogP) is 1.97. The molecule has 1 spiro atoms. The van der Waals surface area contributed by atoms with E-state index < -0.39 is 12.0 Å². The smallest absolute Gasteiger partial charge is 0.320 e. The first-order valence-corrected chi connectivity index (χ1v) is 6.93. The van der Waals surface area contributed by atoms with Crippen LogP contribution in [0.1, 0.15) is 24.0 Å². The lowest BCUT2D eigenvalue weighted by atomic mass is 10.1. The fraction of sp³-hybridized carbons (Fsp3) is 0.462. The molecule has 3 rings (SSSR count). The molecule has 2 atom stereocenters. The highest BCUT2D eigenvalue weighted by atomic mass is 32.2. The van der Waals surface area contributed by atoms with Gasteiger partial charge in [0, 0.05) is 0 Å². The highest BCUT2D eigenvalue weighted by Gasteiger charge is 2.44. The fourth-order valence-corrected chi connectivity index (χ4v) is 4.34. The number of benzene rings is 1. The van der Waals surface area contributed by atoms with Gasteiger partial charge in [-0.2, -0.15) is 0 Å². The van der Waals surface area contributed by atoms with E-state index in [1.165, 1.54) is 11.1 Å². The number of carboxylic acid groups (broad SMARTS) is 1. The zero-order valence-corrected chi connectivity index (χ0v) is 10.3. The van der Waals surface area contributed by atoms with Crippen LogP contribution in [-0.4, -0.2) is 22.9 Å². The molecule has 2 N–H and O–H groups in total. The number of aryl methyl sites for hydroxylation is 1. The van der Waals surface area contributed by atoms with Gasteiger partial charge in [0.1, 0.15) is 6.04 Å². The van der Waals surface area contributed by atoms with E-state index in [0.717, 1.165) is 18.6 Å². The second kappa shape index (κ2) is 4.03. The summed E-state index contributed by atoms with van der Waals surface area (Å²) >= 11 is 1.86. The van der Waals surface area contributed by atoms with Crippen molar-refractivity contribution in [1.29, 1.82) is 0 Å². The Labute approximate surface area is 105 Å². The van der Waals surface area contributed by atoms with Gasteiger partial charge in [0.2, 0.25) is 0 Å². The quantitative estimate of drug-likeness (QED) is 0.799. The van der Waals surface area contributed by atoms with Crippen LogP contribution in [-0.2, 0) is 16.1 Å². The van der Waals surface area contributed by atoms with E-state index >= 15 is 0 Å². The van der Waals surface area contributed by atoms with Crippen LogP contribution in [0.5, 0.6) is 0 Å². The van der Waals surface area contributed by atoms with Crippen molar-refractivity contribution in [1.82, 2.24) is 5.32 Å². The first kappa shape index (κ1) is 11.1. The molecule has 0 amide bonds. The lowest BCUT2D eigenvalue weighted by Gasteiger charge is -2.38. The Balaban J connectivity index is 1.95. The number of carboxylic acids is 1. The molecule has 0 radical (unpaired) electrons. The Kier molecular flexibility index (Phi) is 2.64. The molecule has 0 bridgehead atoms. The normalized spacial score (nSPS) is 31.4. The summed E-state index contributed by atoms with van der Waals surface area (Å²) in [5, 5.41) is 12.5. The minimum Gasteiger partial charge on any atom is -0.480 e. The van der Waals surface area contributed by atoms with E-state index in [0.29, 0.717) is 6.42 Å². The number of hydrogen-bond acceptors (Lipinski definition) is 3. The standard InChI is InChI=1S/C13H15NO2S/c15-12(16)11-6-8-17-13(14-11)7-5-9-3-1-2-4-10(9)13/h1-4,11,14H,5-8H2,(H,15,16). The number of hydrogen-bond donors (Lipinski definition) is 2. The van der Waals surface area contributed by atoms with Crippen molar-refractivity contribution >= 4 is 17.7 Å². The third-order valence-electron chi connectivity index (χ3n) is 3.66. The van der Waals surface area contributed by atoms with Crippen molar-refractivity contribution < 1.29 is 9.90 Å². The van der Waals surface area contributed by atoms with Gasteiger partial charge in [0.25, 0.3) is 0 Å². The average Bonchev–Trinajstić information content (AvgIpc) is 2.69. The van der Waals surface area contributed by atoms with E-state index in [1.807, 2.05) is 17.8 Å². The molecular weight excluding hydrogens is 234 g/mol. The van der Waals surface area contributed by atoms with Gasteiger partial charge in [-0.15, -0.1) is 11.8 Å². The fourth-order valence-electron chi connectivity index (χ4n) is 2.81. The summed E-state index contributed by atoms with van der Waals surface area (Å²) in [7, 11) is 0. The predicted molar refractivity (Wildman–Crippen MR) is 68.1 cm³/mol. The molecule has 1 aliphatic heterocycles. The van der Waals surface area contributed by atoms with Crippen molar-refractivity contribution in [2.24, 2.45) is 0 Å². The second-order valence-corrected chi connectivity index (χ2v) is 6.05. The molecule has 1 fully saturated rings. The molecule has 3 nitrogen and oxygen atoms in total. The number of nitrogens with one attached hydrogen (secondary N) is 1. The van der Waals surface area contributed by atoms with Gasteiger partial charge in [0.15, 0.2) is 0 Å². The summed E-state index contributed by atoms with van der Waals surface area (Å²) in [4.78, 5) is 11.0. The van der Waals surface area contributed by atoms with Crippen LogP contribution >= 0.6 is 11.8 Å². The summed E-state index contributed by atoms with van der Waals surface area (Å²) in [5.74, 6) is 0.187. The third kappa shape index (κ3) is 1.76. The second-order valence-electron chi connectivity index (χ2n) is 4.66. The minimum absolute atomic E-state index is 0.155. The highest BCUT2D eigenvalue weighted by Crippen LogP contribution is 2.47. The lowest BCUT2D eigenvalue weighted by Crippen LogP contribution is -2.51. The zero-order chi connectivity index (χ0) is 11.9. The van der Waals surface area contributed by atoms with E-state index in [2.05, 4.69) is 23.5 Å². The molecule has 4 heteroatoms. The summed E-state index contributed by atoms with van der Waals surface area (Å²) < 4.78 is 0. The molecule has 1 heterocycles. The number of carbonyl (C=O) groups is 1. The lowest BCUT2D eigenvalue weighted by molar-refractivity contribution is -0.140. The first-order valence-electron chi connectivity index (χ1n) is 5.94. The number of rotatable bonds is 1. The number of fused-ring (bicyclic) bond motifs is 2. The Bertz CT molecular complexity index is 458.